The number of halogens is 1. The third-order valence-corrected chi connectivity index (χ3v) is 8.08. The van der Waals surface area contributed by atoms with Crippen LogP contribution in [0.1, 0.15) is 61.1 Å². The maximum atomic E-state index is 11.9. The molecule has 1 saturated carbocycles. The lowest BCUT2D eigenvalue weighted by molar-refractivity contribution is -0.145. The van der Waals surface area contributed by atoms with Gasteiger partial charge in [0.2, 0.25) is 0 Å². The van der Waals surface area contributed by atoms with Gasteiger partial charge in [-0.15, -0.1) is 0 Å². The fraction of sp³-hybridized carbons (Fsp3) is 0.481. The lowest BCUT2D eigenvalue weighted by Gasteiger charge is -2.42. The van der Waals surface area contributed by atoms with Crippen molar-refractivity contribution in [3.63, 3.8) is 0 Å². The molecule has 2 atom stereocenters. The number of carboxylic acid groups (broad SMARTS) is 2. The van der Waals surface area contributed by atoms with E-state index in [-0.39, 0.29) is 5.41 Å². The molecule has 0 radical (unpaired) electrons. The number of rotatable bonds is 6. The molecule has 180 valence electrons. The molecule has 34 heavy (non-hydrogen) atoms. The molecule has 3 aliphatic rings. The fourth-order valence-corrected chi connectivity index (χ4v) is 6.05. The van der Waals surface area contributed by atoms with Crippen LogP contribution in [0.5, 0.6) is 5.75 Å². The summed E-state index contributed by atoms with van der Waals surface area (Å²) in [7, 11) is 0. The zero-order valence-corrected chi connectivity index (χ0v) is 19.9. The largest absolute Gasteiger partial charge is 0.490 e. The van der Waals surface area contributed by atoms with E-state index < -0.39 is 24.3 Å². The Hall–Kier alpha value is -2.73. The van der Waals surface area contributed by atoms with E-state index in [0.29, 0.717) is 18.1 Å². The number of fused-ring (bicyclic) bond motifs is 3. The highest BCUT2D eigenvalue weighted by atomic mass is 35.5. The van der Waals surface area contributed by atoms with Gasteiger partial charge in [0.1, 0.15) is 5.75 Å². The smallest absolute Gasteiger partial charge is 0.311 e. The first kappa shape index (κ1) is 23.0. The van der Waals surface area contributed by atoms with Crippen molar-refractivity contribution in [1.29, 1.82) is 0 Å². The van der Waals surface area contributed by atoms with Gasteiger partial charge in [-0.3, -0.25) is 9.59 Å². The van der Waals surface area contributed by atoms with Gasteiger partial charge in [-0.25, -0.2) is 0 Å². The van der Waals surface area contributed by atoms with Gasteiger partial charge >= 0.3 is 11.9 Å². The van der Waals surface area contributed by atoms with Gasteiger partial charge < -0.3 is 19.8 Å². The van der Waals surface area contributed by atoms with Crippen LogP contribution in [0.25, 0.3) is 0 Å². The first-order valence-corrected chi connectivity index (χ1v) is 12.5. The predicted octanol–water partition coefficient (Wildman–Crippen LogP) is 5.26. The molecule has 0 unspecified atom stereocenters. The molecule has 5 rings (SSSR count). The highest BCUT2D eigenvalue weighted by molar-refractivity contribution is 6.30. The quantitative estimate of drug-likeness (QED) is 0.583. The highest BCUT2D eigenvalue weighted by Gasteiger charge is 2.42. The number of nitrogens with zero attached hydrogens (tertiary/aromatic N) is 1. The molecule has 1 aliphatic heterocycles. The first-order chi connectivity index (χ1) is 16.3. The molecule has 2 N–H and O–H groups in total. The van der Waals surface area contributed by atoms with Gasteiger partial charge in [-0.2, -0.15) is 0 Å². The molecule has 0 amide bonds. The Morgan fingerprint density at radius 3 is 2.68 bits per heavy atom. The molecule has 7 heteroatoms. The van der Waals surface area contributed by atoms with Gasteiger partial charge in [0, 0.05) is 23.5 Å². The number of carboxylic acids is 2. The van der Waals surface area contributed by atoms with Gasteiger partial charge in [0.15, 0.2) is 0 Å². The standard InChI is InChI=1S/C27H30ClNO5/c28-20-7-8-22-19(11-20)5-2-10-27(22)15-29(14-17-3-1-4-17)23-12-18(6-9-24(23)34-16-27)21(26(32)33)13-25(30)31/h6-9,11-12,17,21H,1-5,10,13-16H2,(H,30,31)(H,32,33)/t21-,27-/m0/s1. The Kier molecular flexibility index (Phi) is 6.19. The van der Waals surface area contributed by atoms with E-state index in [1.165, 1.54) is 30.4 Å². The SMILES string of the molecule is O=C(O)C[C@H](C(=O)O)c1ccc2c(c1)N(CC1CCC1)C[C@@]1(CCCc3cc(Cl)ccc31)CO2. The third kappa shape index (κ3) is 4.36. The topological polar surface area (TPSA) is 87.1 Å². The van der Waals surface area contributed by atoms with Gasteiger partial charge in [0.25, 0.3) is 0 Å². The number of aliphatic carboxylic acids is 2. The van der Waals surface area contributed by atoms with E-state index in [2.05, 4.69) is 17.0 Å². The van der Waals surface area contributed by atoms with E-state index in [1.807, 2.05) is 18.2 Å². The Morgan fingerprint density at radius 1 is 1.15 bits per heavy atom. The minimum Gasteiger partial charge on any atom is -0.490 e. The number of benzene rings is 2. The Morgan fingerprint density at radius 2 is 1.97 bits per heavy atom. The maximum Gasteiger partial charge on any atom is 0.311 e. The summed E-state index contributed by atoms with van der Waals surface area (Å²) < 4.78 is 6.43. The van der Waals surface area contributed by atoms with Crippen molar-refractivity contribution in [2.45, 2.75) is 56.3 Å². The van der Waals surface area contributed by atoms with E-state index in [9.17, 15) is 19.8 Å². The normalized spacial score (nSPS) is 22.7. The highest BCUT2D eigenvalue weighted by Crippen LogP contribution is 2.46. The minimum atomic E-state index is -1.13. The Labute approximate surface area is 204 Å². The van der Waals surface area contributed by atoms with Crippen molar-refractivity contribution in [2.24, 2.45) is 5.92 Å². The second-order valence-electron chi connectivity index (χ2n) is 10.1. The van der Waals surface area contributed by atoms with Gasteiger partial charge in [-0.05, 0) is 79.0 Å². The van der Waals surface area contributed by atoms with Crippen LogP contribution in [0.3, 0.4) is 0 Å². The molecule has 1 fully saturated rings. The van der Waals surface area contributed by atoms with Crippen LogP contribution < -0.4 is 9.64 Å². The molecule has 0 saturated heterocycles. The second-order valence-corrected chi connectivity index (χ2v) is 10.6. The van der Waals surface area contributed by atoms with Crippen molar-refractivity contribution in [1.82, 2.24) is 0 Å². The van der Waals surface area contributed by atoms with Gasteiger partial charge in [0.05, 0.1) is 24.6 Å². The predicted molar refractivity (Wildman–Crippen MR) is 130 cm³/mol. The zero-order valence-electron chi connectivity index (χ0n) is 19.1. The van der Waals surface area contributed by atoms with Crippen LogP contribution in [0, 0.1) is 5.92 Å². The van der Waals surface area contributed by atoms with Crippen LogP contribution in [0.2, 0.25) is 5.02 Å². The first-order valence-electron chi connectivity index (χ1n) is 12.1. The molecule has 2 aliphatic carbocycles. The number of hydrogen-bond acceptors (Lipinski definition) is 4. The van der Waals surface area contributed by atoms with Gasteiger partial charge in [-0.1, -0.05) is 30.2 Å². The molecule has 2 aromatic carbocycles. The molecule has 2 aromatic rings. The molecular formula is C27H30ClNO5. The minimum absolute atomic E-state index is 0.172. The summed E-state index contributed by atoms with van der Waals surface area (Å²) in [5.74, 6) is -2.00. The molecular weight excluding hydrogens is 454 g/mol. The van der Waals surface area contributed by atoms with E-state index in [4.69, 9.17) is 16.3 Å². The van der Waals surface area contributed by atoms with Crippen molar-refractivity contribution in [3.05, 3.63) is 58.1 Å². The summed E-state index contributed by atoms with van der Waals surface area (Å²) in [5, 5.41) is 19.7. The number of carbonyl (C=O) groups is 2. The summed E-state index contributed by atoms with van der Waals surface area (Å²) in [6, 6.07) is 11.6. The average molecular weight is 484 g/mol. The number of ether oxygens (including phenoxy) is 1. The third-order valence-electron chi connectivity index (χ3n) is 7.84. The van der Waals surface area contributed by atoms with E-state index in [1.54, 1.807) is 6.07 Å². The van der Waals surface area contributed by atoms with Crippen LogP contribution in [0.4, 0.5) is 5.69 Å². The van der Waals surface area contributed by atoms with Crippen LogP contribution in [-0.4, -0.2) is 41.8 Å². The van der Waals surface area contributed by atoms with Crippen molar-refractivity contribution in [2.75, 3.05) is 24.6 Å². The fourth-order valence-electron chi connectivity index (χ4n) is 5.86. The number of aryl methyl sites for hydroxylation is 1. The summed E-state index contributed by atoms with van der Waals surface area (Å²) in [5.41, 5.74) is 3.78. The lowest BCUT2D eigenvalue weighted by atomic mass is 9.70. The summed E-state index contributed by atoms with van der Waals surface area (Å²) in [6.45, 7) is 2.22. The van der Waals surface area contributed by atoms with Crippen molar-refractivity contribution in [3.8, 4) is 5.75 Å². The maximum absolute atomic E-state index is 11.9. The molecule has 6 nitrogen and oxygen atoms in total. The molecule has 0 bridgehead atoms. The van der Waals surface area contributed by atoms with Crippen LogP contribution in [0.15, 0.2) is 36.4 Å². The van der Waals surface area contributed by atoms with Crippen molar-refractivity contribution >= 4 is 29.2 Å². The summed E-state index contributed by atoms with van der Waals surface area (Å²) in [4.78, 5) is 25.6. The van der Waals surface area contributed by atoms with E-state index >= 15 is 0 Å². The monoisotopic (exact) mass is 483 g/mol. The number of anilines is 1. The lowest BCUT2D eigenvalue weighted by Crippen LogP contribution is -2.47. The second kappa shape index (κ2) is 9.14. The average Bonchev–Trinajstić information content (AvgIpc) is 2.91. The molecule has 0 aromatic heterocycles. The Bertz CT molecular complexity index is 1110. The summed E-state index contributed by atoms with van der Waals surface area (Å²) >= 11 is 6.31. The van der Waals surface area contributed by atoms with Crippen LogP contribution in [-0.2, 0) is 21.4 Å². The molecule has 1 heterocycles. The zero-order chi connectivity index (χ0) is 23.9. The molecule has 1 spiro atoms. The van der Waals surface area contributed by atoms with Crippen molar-refractivity contribution < 1.29 is 24.5 Å². The van der Waals surface area contributed by atoms with Crippen LogP contribution >= 0.6 is 11.6 Å². The number of hydrogen-bond donors (Lipinski definition) is 2. The van der Waals surface area contributed by atoms with E-state index in [0.717, 1.165) is 48.8 Å². The Balaban J connectivity index is 1.55. The summed E-state index contributed by atoms with van der Waals surface area (Å²) in [6.07, 6.45) is 6.27.